The van der Waals surface area contributed by atoms with Gasteiger partial charge in [-0.2, -0.15) is 0 Å². The molecule has 1 N–H and O–H groups in total. The number of carbonyl (C=O) groups is 1. The molecule has 0 radical (unpaired) electrons. The van der Waals surface area contributed by atoms with Crippen molar-refractivity contribution >= 4 is 11.6 Å². The second kappa shape index (κ2) is 5.43. The van der Waals surface area contributed by atoms with Gasteiger partial charge < -0.3 is 19.3 Å². The molecule has 0 saturated carbocycles. The van der Waals surface area contributed by atoms with Crippen LogP contribution in [0.1, 0.15) is 16.2 Å². The summed E-state index contributed by atoms with van der Waals surface area (Å²) in [7, 11) is 3.08. The Morgan fingerprint density at radius 3 is 2.26 bits per heavy atom. The lowest BCUT2D eigenvalue weighted by atomic mass is 10.2. The number of rotatable bonds is 4. The Morgan fingerprint density at radius 2 is 1.79 bits per heavy atom. The van der Waals surface area contributed by atoms with E-state index in [1.165, 1.54) is 0 Å². The molecule has 1 heterocycles. The number of nitrogens with one attached hydrogen (secondary N) is 1. The molecule has 0 aliphatic heterocycles. The maximum Gasteiger partial charge on any atom is 0.294 e. The minimum Gasteiger partial charge on any atom is -0.497 e. The van der Waals surface area contributed by atoms with Crippen LogP contribution < -0.4 is 14.8 Å². The molecular formula is C13H14N2O4. The van der Waals surface area contributed by atoms with Crippen molar-refractivity contribution in [1.29, 1.82) is 0 Å². The number of methoxy groups -OCH3 is 2. The third kappa shape index (κ3) is 3.04. The predicted octanol–water partition coefficient (Wildman–Crippen LogP) is 2.25. The molecule has 0 spiro atoms. The van der Waals surface area contributed by atoms with E-state index < -0.39 is 0 Å². The maximum atomic E-state index is 11.9. The van der Waals surface area contributed by atoms with Crippen molar-refractivity contribution in [3.63, 3.8) is 0 Å². The Bertz CT molecular complexity index is 570. The Balaban J connectivity index is 2.20. The monoisotopic (exact) mass is 262 g/mol. The van der Waals surface area contributed by atoms with E-state index in [9.17, 15) is 4.79 Å². The van der Waals surface area contributed by atoms with Gasteiger partial charge in [0.2, 0.25) is 5.76 Å². The molecule has 1 amide bonds. The van der Waals surface area contributed by atoms with E-state index in [1.54, 1.807) is 45.4 Å². The summed E-state index contributed by atoms with van der Waals surface area (Å²) in [5.74, 6) is 0.946. The lowest BCUT2D eigenvalue weighted by Crippen LogP contribution is -2.11. The molecule has 2 aromatic rings. The molecule has 0 aliphatic carbocycles. The summed E-state index contributed by atoms with van der Waals surface area (Å²) < 4.78 is 15.1. The highest BCUT2D eigenvalue weighted by Gasteiger charge is 2.12. The van der Waals surface area contributed by atoms with E-state index in [4.69, 9.17) is 14.0 Å². The van der Waals surface area contributed by atoms with Gasteiger partial charge in [0, 0.05) is 30.0 Å². The second-order valence-corrected chi connectivity index (χ2v) is 3.89. The van der Waals surface area contributed by atoms with Crippen molar-refractivity contribution in [2.75, 3.05) is 19.5 Å². The first-order chi connectivity index (χ1) is 9.12. The zero-order chi connectivity index (χ0) is 13.8. The maximum absolute atomic E-state index is 11.9. The SMILES string of the molecule is COc1cc(NC(=O)c2cc(C)no2)cc(OC)c1. The molecule has 6 nitrogen and oxygen atoms in total. The van der Waals surface area contributed by atoms with Gasteiger partial charge in [-0.05, 0) is 6.92 Å². The van der Waals surface area contributed by atoms with Crippen LogP contribution in [0.3, 0.4) is 0 Å². The average molecular weight is 262 g/mol. The van der Waals surface area contributed by atoms with Crippen LogP contribution in [0.2, 0.25) is 0 Å². The van der Waals surface area contributed by atoms with Crippen molar-refractivity contribution in [2.24, 2.45) is 0 Å². The van der Waals surface area contributed by atoms with Crippen LogP contribution in [0.15, 0.2) is 28.8 Å². The summed E-state index contributed by atoms with van der Waals surface area (Å²) >= 11 is 0. The van der Waals surface area contributed by atoms with Crippen LogP contribution in [0.25, 0.3) is 0 Å². The minimum atomic E-state index is -0.379. The number of amides is 1. The lowest BCUT2D eigenvalue weighted by Gasteiger charge is -2.08. The number of benzene rings is 1. The third-order valence-corrected chi connectivity index (χ3v) is 2.46. The summed E-state index contributed by atoms with van der Waals surface area (Å²) in [6.45, 7) is 1.74. The molecule has 19 heavy (non-hydrogen) atoms. The molecular weight excluding hydrogens is 248 g/mol. The van der Waals surface area contributed by atoms with Crippen molar-refractivity contribution in [3.8, 4) is 11.5 Å². The fraction of sp³-hybridized carbons (Fsp3) is 0.231. The zero-order valence-electron chi connectivity index (χ0n) is 10.9. The predicted molar refractivity (Wildman–Crippen MR) is 68.7 cm³/mol. The van der Waals surface area contributed by atoms with Crippen LogP contribution in [0.5, 0.6) is 11.5 Å². The molecule has 0 bridgehead atoms. The average Bonchev–Trinajstić information content (AvgIpc) is 2.85. The number of anilines is 1. The molecule has 2 rings (SSSR count). The zero-order valence-corrected chi connectivity index (χ0v) is 10.9. The Labute approximate surface area is 110 Å². The number of carbonyl (C=O) groups excluding carboxylic acids is 1. The minimum absolute atomic E-state index is 0.152. The first-order valence-electron chi connectivity index (χ1n) is 5.60. The van der Waals surface area contributed by atoms with Crippen molar-refractivity contribution in [2.45, 2.75) is 6.92 Å². The first-order valence-corrected chi connectivity index (χ1v) is 5.60. The van der Waals surface area contributed by atoms with Gasteiger partial charge in [-0.3, -0.25) is 4.79 Å². The summed E-state index contributed by atoms with van der Waals surface area (Å²) in [5, 5.41) is 6.35. The fourth-order valence-corrected chi connectivity index (χ4v) is 1.54. The van der Waals surface area contributed by atoms with E-state index in [2.05, 4.69) is 10.5 Å². The highest BCUT2D eigenvalue weighted by Crippen LogP contribution is 2.26. The van der Waals surface area contributed by atoms with Gasteiger partial charge >= 0.3 is 0 Å². The van der Waals surface area contributed by atoms with Gasteiger partial charge in [-0.25, -0.2) is 0 Å². The fourth-order valence-electron chi connectivity index (χ4n) is 1.54. The van der Waals surface area contributed by atoms with Crippen LogP contribution >= 0.6 is 0 Å². The summed E-state index contributed by atoms with van der Waals surface area (Å²) in [5.41, 5.74) is 1.20. The van der Waals surface area contributed by atoms with Gasteiger partial charge in [-0.1, -0.05) is 5.16 Å². The van der Waals surface area contributed by atoms with Gasteiger partial charge in [0.1, 0.15) is 11.5 Å². The van der Waals surface area contributed by atoms with E-state index >= 15 is 0 Å². The molecule has 1 aromatic heterocycles. The quantitative estimate of drug-likeness (QED) is 0.914. The molecule has 0 unspecified atom stereocenters. The van der Waals surface area contributed by atoms with Gasteiger partial charge in [0.15, 0.2) is 0 Å². The van der Waals surface area contributed by atoms with E-state index in [-0.39, 0.29) is 11.7 Å². The number of ether oxygens (including phenoxy) is 2. The highest BCUT2D eigenvalue weighted by molar-refractivity contribution is 6.02. The number of nitrogens with zero attached hydrogens (tertiary/aromatic N) is 1. The van der Waals surface area contributed by atoms with Crippen LogP contribution in [-0.4, -0.2) is 25.3 Å². The van der Waals surface area contributed by atoms with Crippen LogP contribution in [0, 0.1) is 6.92 Å². The standard InChI is InChI=1S/C13H14N2O4/c1-8-4-12(19-15-8)13(16)14-9-5-10(17-2)7-11(6-9)18-3/h4-7H,1-3H3,(H,14,16). The number of hydrogen-bond donors (Lipinski definition) is 1. The molecule has 100 valence electrons. The summed E-state index contributed by atoms with van der Waals surface area (Å²) in [4.78, 5) is 11.9. The topological polar surface area (TPSA) is 73.6 Å². The van der Waals surface area contributed by atoms with Gasteiger partial charge in [0.25, 0.3) is 5.91 Å². The Kier molecular flexibility index (Phi) is 3.70. The van der Waals surface area contributed by atoms with E-state index in [0.717, 1.165) is 0 Å². The lowest BCUT2D eigenvalue weighted by molar-refractivity contribution is 0.0988. The smallest absolute Gasteiger partial charge is 0.294 e. The molecule has 0 aliphatic rings. The van der Waals surface area contributed by atoms with Crippen LogP contribution in [-0.2, 0) is 0 Å². The highest BCUT2D eigenvalue weighted by atomic mass is 16.5. The number of aryl methyl sites for hydroxylation is 1. The second-order valence-electron chi connectivity index (χ2n) is 3.89. The molecule has 0 fully saturated rings. The van der Waals surface area contributed by atoms with Crippen molar-refractivity contribution in [1.82, 2.24) is 5.16 Å². The molecule has 6 heteroatoms. The Hall–Kier alpha value is -2.50. The Morgan fingerprint density at radius 1 is 1.16 bits per heavy atom. The molecule has 0 saturated heterocycles. The van der Waals surface area contributed by atoms with Crippen molar-refractivity contribution in [3.05, 3.63) is 35.7 Å². The third-order valence-electron chi connectivity index (χ3n) is 2.46. The number of hydrogen-bond acceptors (Lipinski definition) is 5. The first kappa shape index (κ1) is 12.9. The van der Waals surface area contributed by atoms with Gasteiger partial charge in [-0.15, -0.1) is 0 Å². The van der Waals surface area contributed by atoms with Crippen molar-refractivity contribution < 1.29 is 18.8 Å². The normalized spacial score (nSPS) is 10.1. The summed E-state index contributed by atoms with van der Waals surface area (Å²) in [6, 6.07) is 6.65. The largest absolute Gasteiger partial charge is 0.497 e. The number of aromatic nitrogens is 1. The molecule has 1 aromatic carbocycles. The van der Waals surface area contributed by atoms with Gasteiger partial charge in [0.05, 0.1) is 19.9 Å². The van der Waals surface area contributed by atoms with Crippen LogP contribution in [0.4, 0.5) is 5.69 Å². The molecule has 0 atom stereocenters. The van der Waals surface area contributed by atoms with E-state index in [1.807, 2.05) is 0 Å². The summed E-state index contributed by atoms with van der Waals surface area (Å²) in [6.07, 6.45) is 0. The van der Waals surface area contributed by atoms with E-state index in [0.29, 0.717) is 22.9 Å².